The Kier molecular flexibility index (Phi) is 7.28. The van der Waals surface area contributed by atoms with Crippen molar-refractivity contribution in [2.45, 2.75) is 25.0 Å². The number of carbonyl (C=O) groups is 2. The van der Waals surface area contributed by atoms with Crippen LogP contribution in [0.5, 0.6) is 0 Å². The molecule has 1 heterocycles. The van der Waals surface area contributed by atoms with Crippen LogP contribution in [-0.4, -0.2) is 32.3 Å². The van der Waals surface area contributed by atoms with E-state index >= 15 is 0 Å². The number of nitrogens with zero attached hydrogens (tertiary/aromatic N) is 3. The van der Waals surface area contributed by atoms with E-state index in [0.717, 1.165) is 15.7 Å². The van der Waals surface area contributed by atoms with Gasteiger partial charge < -0.3 is 15.2 Å². The third-order valence-electron chi connectivity index (χ3n) is 4.45. The molecule has 1 atom stereocenters. The SMILES string of the molecule is Cc1ccccc1C(=O)NC(C)c1nnc(SCC(=O)Nc2ccc(Br)cc2)n1C. The van der Waals surface area contributed by atoms with Crippen LogP contribution < -0.4 is 10.6 Å². The molecule has 30 heavy (non-hydrogen) atoms. The molecule has 0 radical (unpaired) electrons. The van der Waals surface area contributed by atoms with E-state index < -0.39 is 0 Å². The molecule has 3 aromatic rings. The second-order valence-electron chi connectivity index (χ2n) is 6.75. The lowest BCUT2D eigenvalue weighted by atomic mass is 10.1. The number of hydrogen-bond donors (Lipinski definition) is 2. The Labute approximate surface area is 187 Å². The Morgan fingerprint density at radius 2 is 1.83 bits per heavy atom. The third kappa shape index (κ3) is 5.48. The molecule has 0 saturated carbocycles. The van der Waals surface area contributed by atoms with Crippen molar-refractivity contribution in [1.29, 1.82) is 0 Å². The molecule has 0 aliphatic carbocycles. The molecule has 2 amide bonds. The first-order valence-electron chi connectivity index (χ1n) is 9.29. The average molecular weight is 488 g/mol. The molecule has 1 aromatic heterocycles. The van der Waals surface area contributed by atoms with Crippen molar-refractivity contribution in [2.24, 2.45) is 7.05 Å². The maximum Gasteiger partial charge on any atom is 0.252 e. The van der Waals surface area contributed by atoms with Gasteiger partial charge in [0.1, 0.15) is 0 Å². The van der Waals surface area contributed by atoms with E-state index in [2.05, 4.69) is 36.8 Å². The monoisotopic (exact) mass is 487 g/mol. The molecule has 0 saturated heterocycles. The number of benzene rings is 2. The summed E-state index contributed by atoms with van der Waals surface area (Å²) in [6, 6.07) is 14.5. The maximum atomic E-state index is 12.5. The molecule has 1 unspecified atom stereocenters. The Morgan fingerprint density at radius 1 is 1.13 bits per heavy atom. The van der Waals surface area contributed by atoms with Crippen molar-refractivity contribution in [2.75, 3.05) is 11.1 Å². The van der Waals surface area contributed by atoms with Crippen molar-refractivity contribution in [3.05, 3.63) is 70.0 Å². The van der Waals surface area contributed by atoms with E-state index in [1.807, 2.05) is 63.4 Å². The van der Waals surface area contributed by atoms with Gasteiger partial charge in [0, 0.05) is 22.8 Å². The minimum absolute atomic E-state index is 0.132. The van der Waals surface area contributed by atoms with Crippen molar-refractivity contribution >= 4 is 45.2 Å². The molecule has 0 aliphatic rings. The average Bonchev–Trinajstić information content (AvgIpc) is 3.09. The second kappa shape index (κ2) is 9.90. The summed E-state index contributed by atoms with van der Waals surface area (Å²) in [5.41, 5.74) is 2.27. The molecular weight excluding hydrogens is 466 g/mol. The first-order chi connectivity index (χ1) is 14.3. The Bertz CT molecular complexity index is 1050. The summed E-state index contributed by atoms with van der Waals surface area (Å²) in [6.07, 6.45) is 0. The molecule has 0 bridgehead atoms. The number of aromatic nitrogens is 3. The predicted octanol–water partition coefficient (Wildman–Crippen LogP) is 4.11. The number of amides is 2. The number of nitrogens with one attached hydrogen (secondary N) is 2. The number of hydrogen-bond acceptors (Lipinski definition) is 5. The predicted molar refractivity (Wildman–Crippen MR) is 122 cm³/mol. The fourth-order valence-electron chi connectivity index (χ4n) is 2.86. The lowest BCUT2D eigenvalue weighted by Crippen LogP contribution is -2.29. The van der Waals surface area contributed by atoms with Gasteiger partial charge in [0.2, 0.25) is 5.91 Å². The van der Waals surface area contributed by atoms with Crippen LogP contribution in [0, 0.1) is 6.92 Å². The fraction of sp³-hybridized carbons (Fsp3) is 0.238. The summed E-state index contributed by atoms with van der Waals surface area (Å²) in [5.74, 6) is 0.527. The summed E-state index contributed by atoms with van der Waals surface area (Å²) in [7, 11) is 1.82. The Morgan fingerprint density at radius 3 is 2.53 bits per heavy atom. The fourth-order valence-corrected chi connectivity index (χ4v) is 3.84. The molecule has 7 nitrogen and oxygen atoms in total. The van der Waals surface area contributed by atoms with Gasteiger partial charge in [-0.2, -0.15) is 0 Å². The van der Waals surface area contributed by atoms with Crippen LogP contribution in [-0.2, 0) is 11.8 Å². The summed E-state index contributed by atoms with van der Waals surface area (Å²) in [4.78, 5) is 24.7. The first-order valence-corrected chi connectivity index (χ1v) is 11.1. The van der Waals surface area contributed by atoms with E-state index in [-0.39, 0.29) is 23.6 Å². The molecular formula is C21H22BrN5O2S. The number of halogens is 1. The standard InChI is InChI=1S/C21H22BrN5O2S/c1-13-6-4-5-7-17(13)20(29)23-14(2)19-25-26-21(27(19)3)30-12-18(28)24-16-10-8-15(22)9-11-16/h4-11,14H,12H2,1-3H3,(H,23,29)(H,24,28). The zero-order valence-corrected chi connectivity index (χ0v) is 19.3. The van der Waals surface area contributed by atoms with Gasteiger partial charge in [0.15, 0.2) is 11.0 Å². The van der Waals surface area contributed by atoms with Crippen molar-refractivity contribution in [3.63, 3.8) is 0 Å². The second-order valence-corrected chi connectivity index (χ2v) is 8.61. The number of aryl methyl sites for hydroxylation is 1. The molecule has 9 heteroatoms. The van der Waals surface area contributed by atoms with Crippen molar-refractivity contribution in [1.82, 2.24) is 20.1 Å². The maximum absolute atomic E-state index is 12.5. The smallest absolute Gasteiger partial charge is 0.252 e. The molecule has 3 rings (SSSR count). The van der Waals surface area contributed by atoms with E-state index in [4.69, 9.17) is 0 Å². The lowest BCUT2D eigenvalue weighted by molar-refractivity contribution is -0.113. The number of rotatable bonds is 7. The highest BCUT2D eigenvalue weighted by molar-refractivity contribution is 9.10. The highest BCUT2D eigenvalue weighted by Crippen LogP contribution is 2.20. The Hall–Kier alpha value is -2.65. The summed E-state index contributed by atoms with van der Waals surface area (Å²) in [5, 5.41) is 14.8. The van der Waals surface area contributed by atoms with Crippen LogP contribution in [0.15, 0.2) is 58.2 Å². The number of anilines is 1. The van der Waals surface area contributed by atoms with Gasteiger partial charge in [0.25, 0.3) is 5.91 Å². The summed E-state index contributed by atoms with van der Waals surface area (Å²) < 4.78 is 2.74. The van der Waals surface area contributed by atoms with Crippen molar-refractivity contribution < 1.29 is 9.59 Å². The van der Waals surface area contributed by atoms with Gasteiger partial charge in [-0.1, -0.05) is 45.9 Å². The van der Waals surface area contributed by atoms with Gasteiger partial charge in [0.05, 0.1) is 11.8 Å². The normalized spacial score (nSPS) is 11.7. The van der Waals surface area contributed by atoms with Crippen LogP contribution in [0.25, 0.3) is 0 Å². The zero-order valence-electron chi connectivity index (χ0n) is 16.8. The van der Waals surface area contributed by atoms with Gasteiger partial charge >= 0.3 is 0 Å². The van der Waals surface area contributed by atoms with E-state index in [1.165, 1.54) is 11.8 Å². The zero-order chi connectivity index (χ0) is 21.7. The van der Waals surface area contributed by atoms with Crippen LogP contribution in [0.2, 0.25) is 0 Å². The quantitative estimate of drug-likeness (QED) is 0.489. The van der Waals surface area contributed by atoms with Crippen molar-refractivity contribution in [3.8, 4) is 0 Å². The minimum Gasteiger partial charge on any atom is -0.342 e. The molecule has 2 N–H and O–H groups in total. The highest BCUT2D eigenvalue weighted by atomic mass is 79.9. The molecule has 156 valence electrons. The van der Waals surface area contributed by atoms with Gasteiger partial charge in [-0.25, -0.2) is 0 Å². The Balaban J connectivity index is 1.58. The van der Waals surface area contributed by atoms with Crippen LogP contribution in [0.4, 0.5) is 5.69 Å². The van der Waals surface area contributed by atoms with Gasteiger partial charge in [-0.3, -0.25) is 9.59 Å². The van der Waals surface area contributed by atoms with Crippen LogP contribution >= 0.6 is 27.7 Å². The van der Waals surface area contributed by atoms with Gasteiger partial charge in [-0.05, 0) is 49.7 Å². The summed E-state index contributed by atoms with van der Waals surface area (Å²) in [6.45, 7) is 3.75. The van der Waals surface area contributed by atoms with E-state index in [9.17, 15) is 9.59 Å². The topological polar surface area (TPSA) is 88.9 Å². The molecule has 0 spiro atoms. The number of carbonyl (C=O) groups excluding carboxylic acids is 2. The summed E-state index contributed by atoms with van der Waals surface area (Å²) >= 11 is 4.65. The number of thioether (sulfide) groups is 1. The lowest BCUT2D eigenvalue weighted by Gasteiger charge is -2.14. The highest BCUT2D eigenvalue weighted by Gasteiger charge is 2.19. The minimum atomic E-state index is -0.333. The largest absolute Gasteiger partial charge is 0.342 e. The van der Waals surface area contributed by atoms with E-state index in [0.29, 0.717) is 16.5 Å². The van der Waals surface area contributed by atoms with E-state index in [1.54, 1.807) is 10.6 Å². The van der Waals surface area contributed by atoms with Crippen LogP contribution in [0.1, 0.15) is 34.7 Å². The molecule has 0 aliphatic heterocycles. The first kappa shape index (κ1) is 22.0. The van der Waals surface area contributed by atoms with Crippen LogP contribution in [0.3, 0.4) is 0 Å². The van der Waals surface area contributed by atoms with Gasteiger partial charge in [-0.15, -0.1) is 10.2 Å². The molecule has 0 fully saturated rings. The third-order valence-corrected chi connectivity index (χ3v) is 6.00. The molecule has 2 aromatic carbocycles.